The van der Waals surface area contributed by atoms with Crippen LogP contribution in [0.5, 0.6) is 0 Å². The molecule has 1 saturated heterocycles. The van der Waals surface area contributed by atoms with Crippen LogP contribution >= 0.6 is 0 Å². The molecular weight excluding hydrogens is 208 g/mol. The summed E-state index contributed by atoms with van der Waals surface area (Å²) in [4.78, 5) is 11.6. The number of aliphatic hydroxyl groups is 1. The van der Waals surface area contributed by atoms with Crippen molar-refractivity contribution in [2.75, 3.05) is 19.8 Å². The van der Waals surface area contributed by atoms with E-state index in [2.05, 4.69) is 6.92 Å². The number of hydrogen-bond donors (Lipinski definition) is 1. The summed E-state index contributed by atoms with van der Waals surface area (Å²) < 4.78 is 10.2. The highest BCUT2D eigenvalue weighted by Gasteiger charge is 2.31. The van der Waals surface area contributed by atoms with Crippen LogP contribution < -0.4 is 0 Å². The lowest BCUT2D eigenvalue weighted by molar-refractivity contribution is -0.159. The van der Waals surface area contributed by atoms with E-state index in [9.17, 15) is 9.90 Å². The van der Waals surface area contributed by atoms with Crippen molar-refractivity contribution in [1.29, 1.82) is 0 Å². The molecule has 0 radical (unpaired) electrons. The average Bonchev–Trinajstić information content (AvgIpc) is 2.29. The summed E-state index contributed by atoms with van der Waals surface area (Å²) >= 11 is 0. The maximum Gasteiger partial charge on any atom is 0.311 e. The minimum atomic E-state index is -0.697. The van der Waals surface area contributed by atoms with Gasteiger partial charge in [-0.05, 0) is 12.8 Å². The van der Waals surface area contributed by atoms with Crippen LogP contribution in [0.15, 0.2) is 0 Å². The van der Waals surface area contributed by atoms with Gasteiger partial charge in [-0.15, -0.1) is 0 Å². The van der Waals surface area contributed by atoms with Gasteiger partial charge in [0, 0.05) is 6.61 Å². The van der Waals surface area contributed by atoms with Gasteiger partial charge < -0.3 is 14.6 Å². The topological polar surface area (TPSA) is 55.8 Å². The van der Waals surface area contributed by atoms with Crippen molar-refractivity contribution >= 4 is 5.97 Å². The van der Waals surface area contributed by atoms with Crippen molar-refractivity contribution in [2.24, 2.45) is 5.92 Å². The second-order valence-electron chi connectivity index (χ2n) is 4.27. The molecule has 1 N–H and O–H groups in total. The molecule has 0 aromatic carbocycles. The van der Waals surface area contributed by atoms with Crippen molar-refractivity contribution in [2.45, 2.75) is 45.1 Å². The molecule has 1 aliphatic heterocycles. The molecule has 0 spiro atoms. The monoisotopic (exact) mass is 230 g/mol. The van der Waals surface area contributed by atoms with E-state index < -0.39 is 6.10 Å². The third-order valence-electron chi connectivity index (χ3n) is 2.87. The number of hydrogen-bond acceptors (Lipinski definition) is 4. The third-order valence-corrected chi connectivity index (χ3v) is 2.87. The summed E-state index contributed by atoms with van der Waals surface area (Å²) in [6.45, 7) is 3.40. The summed E-state index contributed by atoms with van der Waals surface area (Å²) in [5.74, 6) is -0.660. The summed E-state index contributed by atoms with van der Waals surface area (Å²) in [6, 6.07) is 0. The van der Waals surface area contributed by atoms with Gasteiger partial charge >= 0.3 is 5.97 Å². The number of ether oxygens (including phenoxy) is 2. The molecule has 16 heavy (non-hydrogen) atoms. The van der Waals surface area contributed by atoms with Crippen molar-refractivity contribution < 1.29 is 19.4 Å². The molecular formula is C12H22O4. The van der Waals surface area contributed by atoms with Crippen LogP contribution in [-0.4, -0.2) is 37.0 Å². The van der Waals surface area contributed by atoms with Crippen LogP contribution in [0.25, 0.3) is 0 Å². The molecule has 1 fully saturated rings. The molecule has 4 nitrogen and oxygen atoms in total. The smallest absolute Gasteiger partial charge is 0.311 e. The molecule has 2 unspecified atom stereocenters. The van der Waals surface area contributed by atoms with E-state index in [0.29, 0.717) is 19.6 Å². The first-order valence-corrected chi connectivity index (χ1v) is 6.18. The van der Waals surface area contributed by atoms with Gasteiger partial charge in [0.15, 0.2) is 0 Å². The molecule has 1 aliphatic rings. The van der Waals surface area contributed by atoms with Crippen LogP contribution in [0.4, 0.5) is 0 Å². The lowest BCUT2D eigenvalue weighted by Gasteiger charge is -2.25. The molecule has 1 rings (SSSR count). The maximum atomic E-state index is 11.6. The van der Waals surface area contributed by atoms with Gasteiger partial charge in [0.1, 0.15) is 0 Å². The van der Waals surface area contributed by atoms with E-state index in [1.54, 1.807) is 0 Å². The van der Waals surface area contributed by atoms with Crippen molar-refractivity contribution in [3.63, 3.8) is 0 Å². The molecule has 0 aromatic rings. The Morgan fingerprint density at radius 1 is 1.44 bits per heavy atom. The van der Waals surface area contributed by atoms with Crippen LogP contribution in [0.1, 0.15) is 39.0 Å². The average molecular weight is 230 g/mol. The van der Waals surface area contributed by atoms with Crippen LogP contribution in [-0.2, 0) is 14.3 Å². The van der Waals surface area contributed by atoms with E-state index in [4.69, 9.17) is 9.47 Å². The van der Waals surface area contributed by atoms with Gasteiger partial charge in [0.05, 0.1) is 25.2 Å². The minimum Gasteiger partial charge on any atom is -0.465 e. The van der Waals surface area contributed by atoms with Crippen molar-refractivity contribution in [3.8, 4) is 0 Å². The highest BCUT2D eigenvalue weighted by molar-refractivity contribution is 5.73. The fraction of sp³-hybridized carbons (Fsp3) is 0.917. The number of rotatable bonds is 6. The Morgan fingerprint density at radius 2 is 2.25 bits per heavy atom. The van der Waals surface area contributed by atoms with Crippen LogP contribution in [0, 0.1) is 5.92 Å². The zero-order chi connectivity index (χ0) is 11.8. The van der Waals surface area contributed by atoms with Crippen LogP contribution in [0.2, 0.25) is 0 Å². The van der Waals surface area contributed by atoms with Crippen molar-refractivity contribution in [1.82, 2.24) is 0 Å². The maximum absolute atomic E-state index is 11.6. The van der Waals surface area contributed by atoms with Gasteiger partial charge in [0.2, 0.25) is 0 Å². The first-order chi connectivity index (χ1) is 7.75. The fourth-order valence-corrected chi connectivity index (χ4v) is 1.81. The molecule has 0 aliphatic carbocycles. The molecule has 1 heterocycles. The lowest BCUT2D eigenvalue weighted by atomic mass is 9.98. The van der Waals surface area contributed by atoms with Gasteiger partial charge in [-0.2, -0.15) is 0 Å². The molecule has 4 heteroatoms. The largest absolute Gasteiger partial charge is 0.465 e. The summed E-state index contributed by atoms with van der Waals surface area (Å²) in [5, 5.41) is 9.55. The Balaban J connectivity index is 2.13. The number of aliphatic hydroxyl groups excluding tert-OH is 1. The zero-order valence-corrected chi connectivity index (χ0v) is 9.98. The van der Waals surface area contributed by atoms with E-state index in [0.717, 1.165) is 12.8 Å². The van der Waals surface area contributed by atoms with Gasteiger partial charge in [-0.25, -0.2) is 0 Å². The highest BCUT2D eigenvalue weighted by Crippen LogP contribution is 2.17. The Kier molecular flexibility index (Phi) is 6.42. The minimum absolute atomic E-state index is 0.246. The Bertz CT molecular complexity index is 205. The molecule has 0 bridgehead atoms. The number of unbranched alkanes of at least 4 members (excludes halogenated alkanes) is 3. The zero-order valence-electron chi connectivity index (χ0n) is 9.98. The number of carbonyl (C=O) groups is 1. The first-order valence-electron chi connectivity index (χ1n) is 6.18. The molecule has 94 valence electrons. The Labute approximate surface area is 96.9 Å². The van der Waals surface area contributed by atoms with Gasteiger partial charge in [-0.1, -0.05) is 26.2 Å². The second kappa shape index (κ2) is 7.63. The predicted octanol–water partition coefficient (Wildman–Crippen LogP) is 1.51. The van der Waals surface area contributed by atoms with Gasteiger partial charge in [-0.3, -0.25) is 4.79 Å². The van der Waals surface area contributed by atoms with E-state index in [1.807, 2.05) is 0 Å². The van der Waals surface area contributed by atoms with E-state index >= 15 is 0 Å². The second-order valence-corrected chi connectivity index (χ2v) is 4.27. The summed E-state index contributed by atoms with van der Waals surface area (Å²) in [5.41, 5.74) is 0. The quantitative estimate of drug-likeness (QED) is 0.555. The Morgan fingerprint density at radius 3 is 2.94 bits per heavy atom. The normalized spacial score (nSPS) is 25.4. The summed E-state index contributed by atoms with van der Waals surface area (Å²) in [6.07, 6.45) is 4.23. The predicted molar refractivity (Wildman–Crippen MR) is 60.0 cm³/mol. The number of esters is 1. The third kappa shape index (κ3) is 4.49. The van der Waals surface area contributed by atoms with Crippen molar-refractivity contribution in [3.05, 3.63) is 0 Å². The molecule has 2 atom stereocenters. The van der Waals surface area contributed by atoms with E-state index in [1.165, 1.54) is 12.8 Å². The molecule has 0 aromatic heterocycles. The lowest BCUT2D eigenvalue weighted by Crippen LogP contribution is -2.38. The Hall–Kier alpha value is -0.610. The van der Waals surface area contributed by atoms with Crippen LogP contribution in [0.3, 0.4) is 0 Å². The van der Waals surface area contributed by atoms with Gasteiger partial charge in [0.25, 0.3) is 0 Å². The molecule has 0 amide bonds. The SMILES string of the molecule is CCCCCCOC(=O)C1CCOCC1O. The molecule has 0 saturated carbocycles. The van der Waals surface area contributed by atoms with E-state index in [-0.39, 0.29) is 18.5 Å². The summed E-state index contributed by atoms with van der Waals surface area (Å²) in [7, 11) is 0. The first kappa shape index (κ1) is 13.5. The standard InChI is InChI=1S/C12H22O4/c1-2-3-4-5-7-16-12(14)10-6-8-15-9-11(10)13/h10-11,13H,2-9H2,1H3. The highest BCUT2D eigenvalue weighted by atomic mass is 16.5. The number of carbonyl (C=O) groups excluding carboxylic acids is 1. The fourth-order valence-electron chi connectivity index (χ4n) is 1.81.